The summed E-state index contributed by atoms with van der Waals surface area (Å²) in [5, 5.41) is 3.57. The number of hydrogen-bond acceptors (Lipinski definition) is 1. The molecule has 0 radical (unpaired) electrons. The van der Waals surface area contributed by atoms with Crippen LogP contribution < -0.4 is 5.32 Å². The lowest BCUT2D eigenvalue weighted by Gasteiger charge is -2.04. The van der Waals surface area contributed by atoms with Gasteiger partial charge in [-0.2, -0.15) is 0 Å². The predicted octanol–water partition coefficient (Wildman–Crippen LogP) is 2.88. The van der Waals surface area contributed by atoms with Gasteiger partial charge in [-0.05, 0) is 30.7 Å². The van der Waals surface area contributed by atoms with Crippen LogP contribution in [0.5, 0.6) is 0 Å². The van der Waals surface area contributed by atoms with Crippen molar-refractivity contribution in [3.63, 3.8) is 0 Å². The monoisotopic (exact) mass is 319 g/mol. The van der Waals surface area contributed by atoms with E-state index in [2.05, 4.69) is 37.2 Å². The fourth-order valence-corrected chi connectivity index (χ4v) is 1.49. The summed E-state index contributed by atoms with van der Waals surface area (Å²) in [5.74, 6) is -0.0277. The Balaban J connectivity index is 2.76. The molecule has 0 aromatic heterocycles. The van der Waals surface area contributed by atoms with Crippen molar-refractivity contribution >= 4 is 37.8 Å². The van der Waals surface area contributed by atoms with Crippen LogP contribution in [0.4, 0.5) is 0 Å². The average Bonchev–Trinajstić information content (AvgIpc) is 2.18. The molecule has 0 bridgehead atoms. The van der Waals surface area contributed by atoms with E-state index in [4.69, 9.17) is 0 Å². The molecule has 0 aliphatic rings. The highest BCUT2D eigenvalue weighted by molar-refractivity contribution is 9.10. The molecule has 2 nitrogen and oxygen atoms in total. The van der Waals surface area contributed by atoms with E-state index in [9.17, 15) is 4.79 Å². The van der Waals surface area contributed by atoms with Crippen molar-refractivity contribution < 1.29 is 4.79 Å². The minimum Gasteiger partial charge on any atom is -0.351 e. The topological polar surface area (TPSA) is 29.1 Å². The van der Waals surface area contributed by atoms with Gasteiger partial charge in [0.2, 0.25) is 0 Å². The fraction of sp³-hybridized carbons (Fsp3) is 0.300. The van der Waals surface area contributed by atoms with Crippen molar-refractivity contribution in [1.82, 2.24) is 5.32 Å². The Morgan fingerprint density at radius 3 is 2.79 bits per heavy atom. The molecule has 0 atom stereocenters. The Labute approximate surface area is 100 Å². The third-order valence-corrected chi connectivity index (χ3v) is 3.09. The molecule has 0 spiro atoms. The van der Waals surface area contributed by atoms with Crippen LogP contribution in [-0.2, 0) is 0 Å². The van der Waals surface area contributed by atoms with Gasteiger partial charge < -0.3 is 5.32 Å². The van der Waals surface area contributed by atoms with Crippen LogP contribution in [0.1, 0.15) is 15.9 Å². The molecule has 0 unspecified atom stereocenters. The molecule has 0 aliphatic carbocycles. The largest absolute Gasteiger partial charge is 0.351 e. The Bertz CT molecular complexity index is 339. The standard InChI is InChI=1S/C10H11Br2NO/c1-7-6-8(2-3-9(7)12)10(14)13-5-4-11/h2-3,6H,4-5H2,1H3,(H,13,14). The second kappa shape index (κ2) is 5.51. The van der Waals surface area contributed by atoms with E-state index in [0.29, 0.717) is 12.1 Å². The predicted molar refractivity (Wildman–Crippen MR) is 65.0 cm³/mol. The summed E-state index contributed by atoms with van der Waals surface area (Å²) in [6, 6.07) is 5.56. The third-order valence-electron chi connectivity index (χ3n) is 1.80. The maximum absolute atomic E-state index is 11.5. The van der Waals surface area contributed by atoms with E-state index >= 15 is 0 Å². The van der Waals surface area contributed by atoms with Crippen LogP contribution in [0, 0.1) is 6.92 Å². The summed E-state index contributed by atoms with van der Waals surface area (Å²) in [6.45, 7) is 2.61. The molecule has 14 heavy (non-hydrogen) atoms. The summed E-state index contributed by atoms with van der Waals surface area (Å²) in [6.07, 6.45) is 0. The molecule has 4 heteroatoms. The molecular weight excluding hydrogens is 310 g/mol. The molecule has 0 saturated carbocycles. The second-order valence-electron chi connectivity index (χ2n) is 2.91. The van der Waals surface area contributed by atoms with Crippen LogP contribution in [0.2, 0.25) is 0 Å². The number of carbonyl (C=O) groups is 1. The number of rotatable bonds is 3. The van der Waals surface area contributed by atoms with Gasteiger partial charge >= 0.3 is 0 Å². The van der Waals surface area contributed by atoms with Gasteiger partial charge in [0.25, 0.3) is 5.91 Å². The lowest BCUT2D eigenvalue weighted by Crippen LogP contribution is -2.25. The zero-order chi connectivity index (χ0) is 10.6. The molecule has 0 saturated heterocycles. The zero-order valence-corrected chi connectivity index (χ0v) is 11.0. The molecule has 1 amide bonds. The molecule has 0 aliphatic heterocycles. The minimum atomic E-state index is -0.0277. The number of aryl methyl sites for hydroxylation is 1. The molecule has 76 valence electrons. The van der Waals surface area contributed by atoms with Gasteiger partial charge in [-0.15, -0.1) is 0 Å². The van der Waals surface area contributed by atoms with E-state index in [1.807, 2.05) is 19.1 Å². The van der Waals surface area contributed by atoms with Gasteiger partial charge in [0.15, 0.2) is 0 Å². The van der Waals surface area contributed by atoms with Crippen LogP contribution >= 0.6 is 31.9 Å². The first kappa shape index (κ1) is 11.7. The van der Waals surface area contributed by atoms with Crippen molar-refractivity contribution in [3.8, 4) is 0 Å². The molecule has 0 fully saturated rings. The lowest BCUT2D eigenvalue weighted by molar-refractivity contribution is 0.0956. The van der Waals surface area contributed by atoms with Crippen LogP contribution in [0.15, 0.2) is 22.7 Å². The quantitative estimate of drug-likeness (QED) is 0.852. The number of amides is 1. The number of alkyl halides is 1. The van der Waals surface area contributed by atoms with E-state index in [-0.39, 0.29) is 5.91 Å². The maximum atomic E-state index is 11.5. The number of carbonyl (C=O) groups excluding carboxylic acids is 1. The zero-order valence-electron chi connectivity index (χ0n) is 7.81. The Kier molecular flexibility index (Phi) is 4.62. The maximum Gasteiger partial charge on any atom is 0.251 e. The van der Waals surface area contributed by atoms with E-state index < -0.39 is 0 Å². The summed E-state index contributed by atoms with van der Waals surface area (Å²) in [5.41, 5.74) is 1.77. The van der Waals surface area contributed by atoms with Gasteiger partial charge in [0.1, 0.15) is 0 Å². The van der Waals surface area contributed by atoms with Crippen molar-refractivity contribution in [1.29, 1.82) is 0 Å². The van der Waals surface area contributed by atoms with Crippen molar-refractivity contribution in [2.24, 2.45) is 0 Å². The summed E-state index contributed by atoms with van der Waals surface area (Å²) in [4.78, 5) is 11.5. The average molecular weight is 321 g/mol. The van der Waals surface area contributed by atoms with Crippen molar-refractivity contribution in [3.05, 3.63) is 33.8 Å². The molecule has 0 heterocycles. The molecule has 1 aromatic carbocycles. The van der Waals surface area contributed by atoms with Gasteiger partial charge in [0.05, 0.1) is 0 Å². The van der Waals surface area contributed by atoms with Crippen LogP contribution in [0.25, 0.3) is 0 Å². The van der Waals surface area contributed by atoms with Crippen LogP contribution in [-0.4, -0.2) is 17.8 Å². The van der Waals surface area contributed by atoms with Crippen molar-refractivity contribution in [2.75, 3.05) is 11.9 Å². The first-order valence-electron chi connectivity index (χ1n) is 4.25. The normalized spacial score (nSPS) is 9.93. The van der Waals surface area contributed by atoms with E-state index in [1.165, 1.54) is 0 Å². The molecule has 1 rings (SSSR count). The Morgan fingerprint density at radius 2 is 2.21 bits per heavy atom. The molecule has 1 N–H and O–H groups in total. The van der Waals surface area contributed by atoms with Gasteiger partial charge in [0, 0.05) is 21.9 Å². The van der Waals surface area contributed by atoms with Crippen LogP contribution in [0.3, 0.4) is 0 Å². The number of hydrogen-bond donors (Lipinski definition) is 1. The summed E-state index contributed by atoms with van der Waals surface area (Å²) >= 11 is 6.65. The van der Waals surface area contributed by atoms with Gasteiger partial charge in [-0.25, -0.2) is 0 Å². The second-order valence-corrected chi connectivity index (χ2v) is 4.56. The Morgan fingerprint density at radius 1 is 1.50 bits per heavy atom. The minimum absolute atomic E-state index is 0.0277. The fourth-order valence-electron chi connectivity index (χ4n) is 1.05. The third kappa shape index (κ3) is 3.10. The summed E-state index contributed by atoms with van der Waals surface area (Å²) in [7, 11) is 0. The number of benzene rings is 1. The van der Waals surface area contributed by atoms with E-state index in [1.54, 1.807) is 6.07 Å². The highest BCUT2D eigenvalue weighted by atomic mass is 79.9. The molecular formula is C10H11Br2NO. The SMILES string of the molecule is Cc1cc(C(=O)NCCBr)ccc1Br. The summed E-state index contributed by atoms with van der Waals surface area (Å²) < 4.78 is 1.02. The van der Waals surface area contributed by atoms with Gasteiger partial charge in [-0.3, -0.25) is 4.79 Å². The number of halogens is 2. The highest BCUT2D eigenvalue weighted by Crippen LogP contribution is 2.16. The van der Waals surface area contributed by atoms with Crippen molar-refractivity contribution in [2.45, 2.75) is 6.92 Å². The number of nitrogens with one attached hydrogen (secondary N) is 1. The lowest BCUT2D eigenvalue weighted by atomic mass is 10.1. The Hall–Kier alpha value is -0.350. The molecule has 1 aromatic rings. The first-order valence-corrected chi connectivity index (χ1v) is 6.17. The van der Waals surface area contributed by atoms with E-state index in [0.717, 1.165) is 15.4 Å². The first-order chi connectivity index (χ1) is 6.65. The van der Waals surface area contributed by atoms with Gasteiger partial charge in [-0.1, -0.05) is 31.9 Å². The highest BCUT2D eigenvalue weighted by Gasteiger charge is 2.05. The smallest absolute Gasteiger partial charge is 0.251 e.